The van der Waals surface area contributed by atoms with Gasteiger partial charge in [-0.05, 0) is 18.2 Å². The lowest BCUT2D eigenvalue weighted by Gasteiger charge is -2.11. The van der Waals surface area contributed by atoms with Gasteiger partial charge in [0, 0.05) is 17.1 Å². The first-order chi connectivity index (χ1) is 8.58. The van der Waals surface area contributed by atoms with Crippen molar-refractivity contribution < 1.29 is 19.4 Å². The standard InChI is InChI=1S/C13H18O4S/c1-9(13(14)15)7-18-8-10-6-11(16-2)4-5-12(10)17-3/h4-6,9H,7-8H2,1-3H3,(H,14,15). The van der Waals surface area contributed by atoms with E-state index in [2.05, 4.69) is 0 Å². The van der Waals surface area contributed by atoms with Crippen molar-refractivity contribution >= 4 is 17.7 Å². The zero-order valence-electron chi connectivity index (χ0n) is 10.8. The number of hydrogen-bond donors (Lipinski definition) is 1. The topological polar surface area (TPSA) is 55.8 Å². The van der Waals surface area contributed by atoms with Gasteiger partial charge in [-0.15, -0.1) is 0 Å². The summed E-state index contributed by atoms with van der Waals surface area (Å²) in [4.78, 5) is 10.7. The van der Waals surface area contributed by atoms with E-state index in [4.69, 9.17) is 14.6 Å². The third-order valence-electron chi connectivity index (χ3n) is 2.53. The lowest BCUT2D eigenvalue weighted by Crippen LogP contribution is -2.11. The molecule has 1 N–H and O–H groups in total. The monoisotopic (exact) mass is 270 g/mol. The average molecular weight is 270 g/mol. The molecule has 1 aromatic carbocycles. The molecule has 4 nitrogen and oxygen atoms in total. The van der Waals surface area contributed by atoms with Gasteiger partial charge in [0.15, 0.2) is 0 Å². The second-order valence-corrected chi connectivity index (χ2v) is 4.96. The molecule has 0 aliphatic heterocycles. The number of carbonyl (C=O) groups is 1. The molecule has 0 aromatic heterocycles. The summed E-state index contributed by atoms with van der Waals surface area (Å²) in [6, 6.07) is 5.61. The number of carboxylic acids is 1. The first-order valence-electron chi connectivity index (χ1n) is 5.60. The lowest BCUT2D eigenvalue weighted by atomic mass is 10.2. The fraction of sp³-hybridized carbons (Fsp3) is 0.462. The molecular formula is C13H18O4S. The van der Waals surface area contributed by atoms with Crippen molar-refractivity contribution in [1.29, 1.82) is 0 Å². The minimum absolute atomic E-state index is 0.341. The third kappa shape index (κ3) is 4.14. The molecule has 0 aliphatic carbocycles. The van der Waals surface area contributed by atoms with Crippen LogP contribution >= 0.6 is 11.8 Å². The van der Waals surface area contributed by atoms with Gasteiger partial charge in [-0.3, -0.25) is 4.79 Å². The number of hydrogen-bond acceptors (Lipinski definition) is 4. The van der Waals surface area contributed by atoms with Crippen LogP contribution in [0.3, 0.4) is 0 Å². The number of methoxy groups -OCH3 is 2. The molecule has 1 atom stereocenters. The van der Waals surface area contributed by atoms with E-state index in [1.165, 1.54) is 0 Å². The first-order valence-corrected chi connectivity index (χ1v) is 6.75. The minimum Gasteiger partial charge on any atom is -0.497 e. The van der Waals surface area contributed by atoms with Gasteiger partial charge >= 0.3 is 5.97 Å². The predicted molar refractivity (Wildman–Crippen MR) is 72.5 cm³/mol. The van der Waals surface area contributed by atoms with Crippen LogP contribution in [0, 0.1) is 5.92 Å². The zero-order valence-corrected chi connectivity index (χ0v) is 11.6. The van der Waals surface area contributed by atoms with Crippen LogP contribution in [0.1, 0.15) is 12.5 Å². The number of carboxylic acid groups (broad SMARTS) is 1. The summed E-state index contributed by atoms with van der Waals surface area (Å²) < 4.78 is 10.4. The van der Waals surface area contributed by atoms with Crippen LogP contribution in [0.15, 0.2) is 18.2 Å². The molecule has 5 heteroatoms. The number of thioether (sulfide) groups is 1. The van der Waals surface area contributed by atoms with Crippen molar-refractivity contribution in [3.63, 3.8) is 0 Å². The SMILES string of the molecule is COc1ccc(OC)c(CSCC(C)C(=O)O)c1. The molecule has 18 heavy (non-hydrogen) atoms. The van der Waals surface area contributed by atoms with Crippen LogP contribution < -0.4 is 9.47 Å². The average Bonchev–Trinajstić information content (AvgIpc) is 2.38. The second kappa shape index (κ2) is 7.16. The maximum absolute atomic E-state index is 10.7. The Kier molecular flexibility index (Phi) is 5.85. The second-order valence-electron chi connectivity index (χ2n) is 3.93. The molecule has 0 spiro atoms. The number of benzene rings is 1. The molecule has 1 unspecified atom stereocenters. The Morgan fingerprint density at radius 3 is 2.67 bits per heavy atom. The summed E-state index contributed by atoms with van der Waals surface area (Å²) in [5.41, 5.74) is 1.01. The van der Waals surface area contributed by atoms with Crippen molar-refractivity contribution in [2.45, 2.75) is 12.7 Å². The van der Waals surface area contributed by atoms with Gasteiger partial charge in [-0.2, -0.15) is 11.8 Å². The maximum Gasteiger partial charge on any atom is 0.307 e. The fourth-order valence-electron chi connectivity index (χ4n) is 1.41. The van der Waals surface area contributed by atoms with E-state index >= 15 is 0 Å². The molecule has 0 aliphatic rings. The highest BCUT2D eigenvalue weighted by Crippen LogP contribution is 2.28. The molecule has 1 rings (SSSR count). The van der Waals surface area contributed by atoms with Gasteiger partial charge in [0.05, 0.1) is 20.1 Å². The van der Waals surface area contributed by atoms with E-state index in [-0.39, 0.29) is 5.92 Å². The highest BCUT2D eigenvalue weighted by atomic mass is 32.2. The van der Waals surface area contributed by atoms with Gasteiger partial charge in [-0.1, -0.05) is 6.92 Å². The van der Waals surface area contributed by atoms with Crippen LogP contribution in [0.2, 0.25) is 0 Å². The summed E-state index contributed by atoms with van der Waals surface area (Å²) in [5.74, 6) is 1.75. The van der Waals surface area contributed by atoms with E-state index in [1.54, 1.807) is 32.9 Å². The molecule has 0 saturated carbocycles. The van der Waals surface area contributed by atoms with Gasteiger partial charge in [-0.25, -0.2) is 0 Å². The normalized spacial score (nSPS) is 11.9. The van der Waals surface area contributed by atoms with Crippen molar-refractivity contribution in [2.75, 3.05) is 20.0 Å². The highest BCUT2D eigenvalue weighted by molar-refractivity contribution is 7.98. The lowest BCUT2D eigenvalue weighted by molar-refractivity contribution is -0.140. The van der Waals surface area contributed by atoms with Crippen molar-refractivity contribution in [1.82, 2.24) is 0 Å². The Labute approximate surface area is 111 Å². The molecule has 0 radical (unpaired) electrons. The Bertz CT molecular complexity index is 406. The third-order valence-corrected chi connectivity index (χ3v) is 3.79. The molecule has 0 fully saturated rings. The van der Waals surface area contributed by atoms with Gasteiger partial charge in [0.1, 0.15) is 11.5 Å². The fourth-order valence-corrected chi connectivity index (χ4v) is 2.47. The van der Waals surface area contributed by atoms with E-state index in [0.29, 0.717) is 11.5 Å². The molecular weight excluding hydrogens is 252 g/mol. The molecule has 0 saturated heterocycles. The van der Waals surface area contributed by atoms with Gasteiger partial charge < -0.3 is 14.6 Å². The summed E-state index contributed by atoms with van der Waals surface area (Å²) in [7, 11) is 3.24. The number of rotatable bonds is 7. The highest BCUT2D eigenvalue weighted by Gasteiger charge is 2.11. The Morgan fingerprint density at radius 1 is 1.39 bits per heavy atom. The number of ether oxygens (including phenoxy) is 2. The minimum atomic E-state index is -0.764. The Hall–Kier alpha value is -1.36. The summed E-state index contributed by atoms with van der Waals surface area (Å²) in [6.45, 7) is 1.71. The van der Waals surface area contributed by atoms with E-state index < -0.39 is 5.97 Å². The molecule has 0 amide bonds. The maximum atomic E-state index is 10.7. The van der Waals surface area contributed by atoms with Crippen LogP contribution in [-0.4, -0.2) is 31.0 Å². The summed E-state index contributed by atoms with van der Waals surface area (Å²) in [5, 5.41) is 8.80. The molecule has 100 valence electrons. The van der Waals surface area contributed by atoms with Crippen molar-refractivity contribution in [3.05, 3.63) is 23.8 Å². The van der Waals surface area contributed by atoms with E-state index in [0.717, 1.165) is 17.1 Å². The van der Waals surface area contributed by atoms with Crippen molar-refractivity contribution in [2.24, 2.45) is 5.92 Å². The van der Waals surface area contributed by atoms with Crippen LogP contribution in [0.4, 0.5) is 0 Å². The smallest absolute Gasteiger partial charge is 0.307 e. The number of aliphatic carboxylic acids is 1. The van der Waals surface area contributed by atoms with Gasteiger partial charge in [0.25, 0.3) is 0 Å². The van der Waals surface area contributed by atoms with Crippen LogP contribution in [0.5, 0.6) is 11.5 Å². The Morgan fingerprint density at radius 2 is 2.11 bits per heavy atom. The summed E-state index contributed by atoms with van der Waals surface area (Å²) >= 11 is 1.58. The van der Waals surface area contributed by atoms with E-state index in [9.17, 15) is 4.79 Å². The van der Waals surface area contributed by atoms with Crippen LogP contribution in [-0.2, 0) is 10.5 Å². The zero-order chi connectivity index (χ0) is 13.5. The largest absolute Gasteiger partial charge is 0.497 e. The predicted octanol–water partition coefficient (Wildman–Crippen LogP) is 2.66. The molecule has 0 bridgehead atoms. The summed E-state index contributed by atoms with van der Waals surface area (Å²) in [6.07, 6.45) is 0. The molecule has 1 aromatic rings. The first kappa shape index (κ1) is 14.7. The molecule has 0 heterocycles. The van der Waals surface area contributed by atoms with Crippen molar-refractivity contribution in [3.8, 4) is 11.5 Å². The Balaban J connectivity index is 2.62. The van der Waals surface area contributed by atoms with E-state index in [1.807, 2.05) is 18.2 Å². The van der Waals surface area contributed by atoms with Crippen LogP contribution in [0.25, 0.3) is 0 Å². The quantitative estimate of drug-likeness (QED) is 0.825. The van der Waals surface area contributed by atoms with Gasteiger partial charge in [0.2, 0.25) is 0 Å².